The van der Waals surface area contributed by atoms with Gasteiger partial charge in [0.25, 0.3) is 5.91 Å². The summed E-state index contributed by atoms with van der Waals surface area (Å²) in [6, 6.07) is 14.7. The van der Waals surface area contributed by atoms with E-state index in [2.05, 4.69) is 16.0 Å². The van der Waals surface area contributed by atoms with Gasteiger partial charge in [0.1, 0.15) is 18.8 Å². The zero-order valence-corrected chi connectivity index (χ0v) is 25.0. The van der Waals surface area contributed by atoms with Crippen molar-refractivity contribution in [3.63, 3.8) is 0 Å². The van der Waals surface area contributed by atoms with Crippen molar-refractivity contribution in [3.8, 4) is 0 Å². The highest BCUT2D eigenvalue weighted by atomic mass is 28.3. The minimum Gasteiger partial charge on any atom is -0.445 e. The number of aliphatic hydroxyl groups excluding tert-OH is 1. The minimum absolute atomic E-state index is 0.0285. The molecule has 11 heteroatoms. The largest absolute Gasteiger partial charge is 0.445 e. The summed E-state index contributed by atoms with van der Waals surface area (Å²) < 4.78 is 35.7. The van der Waals surface area contributed by atoms with Gasteiger partial charge in [0.2, 0.25) is 5.91 Å². The van der Waals surface area contributed by atoms with E-state index in [1.165, 1.54) is 0 Å². The van der Waals surface area contributed by atoms with Gasteiger partial charge in [-0.05, 0) is 23.0 Å². The Hall–Kier alpha value is -3.31. The van der Waals surface area contributed by atoms with E-state index < -0.39 is 55.5 Å². The first kappa shape index (κ1) is 32.9. The second kappa shape index (κ2) is 13.8. The Morgan fingerprint density at radius 1 is 0.900 bits per heavy atom. The molecule has 40 heavy (non-hydrogen) atoms. The third-order valence-corrected chi connectivity index (χ3v) is 7.30. The summed E-state index contributed by atoms with van der Waals surface area (Å²) in [5.74, 6) is -6.60. The summed E-state index contributed by atoms with van der Waals surface area (Å²) in [7, 11) is -1.90. The van der Waals surface area contributed by atoms with Crippen molar-refractivity contribution in [1.82, 2.24) is 16.0 Å². The zero-order chi connectivity index (χ0) is 30.1. The normalized spacial score (nSPS) is 14.4. The first-order valence-electron chi connectivity index (χ1n) is 13.2. The maximum atomic E-state index is 15.2. The number of ether oxygens (including phenoxy) is 1. The quantitative estimate of drug-likeness (QED) is 0.284. The van der Waals surface area contributed by atoms with Crippen LogP contribution in [0.5, 0.6) is 0 Å². The Morgan fingerprint density at radius 3 is 1.93 bits per heavy atom. The van der Waals surface area contributed by atoms with Gasteiger partial charge in [0.05, 0.1) is 14.1 Å². The average Bonchev–Trinajstić information content (AvgIpc) is 2.88. The molecule has 220 valence electrons. The number of alkyl halides is 2. The Bertz CT molecular complexity index is 1120. The number of halogens is 2. The van der Waals surface area contributed by atoms with E-state index in [1.54, 1.807) is 75.4 Å². The molecule has 2 rings (SSSR count). The first-order valence-corrected chi connectivity index (χ1v) is 16.9. The molecular formula is C29H41F2N3O5Si. The number of alkyl carbamates (subject to hydrolysis) is 1. The number of rotatable bonds is 12. The molecule has 0 aliphatic heterocycles. The third kappa shape index (κ3) is 10.3. The molecule has 4 N–H and O–H groups in total. The van der Waals surface area contributed by atoms with E-state index in [4.69, 9.17) is 4.74 Å². The van der Waals surface area contributed by atoms with Crippen molar-refractivity contribution in [2.45, 2.75) is 77.6 Å². The molecule has 0 spiro atoms. The second-order valence-electron chi connectivity index (χ2n) is 12.1. The van der Waals surface area contributed by atoms with Crippen LogP contribution < -0.4 is 16.0 Å². The SMILES string of the molecule is CC(C)(C)[C@H](NC(=O)OCc1ccccc1)C(=O)NC(Cc1ccccc1)C(O)C(F)(F)C(=O)NC[Si](C)(C)C. The van der Waals surface area contributed by atoms with Crippen LogP contribution in [0.3, 0.4) is 0 Å². The molecule has 0 saturated carbocycles. The van der Waals surface area contributed by atoms with E-state index in [-0.39, 0.29) is 19.2 Å². The van der Waals surface area contributed by atoms with Crippen molar-refractivity contribution in [2.75, 3.05) is 6.17 Å². The molecule has 0 saturated heterocycles. The standard InChI is InChI=1S/C29H41F2N3O5Si/c1-28(2,3)23(34-27(38)39-18-21-15-11-8-12-16-21)25(36)33-22(17-20-13-9-7-10-14-20)24(35)29(30,31)26(37)32-19-40(4,5)6/h7-16,22-24,35H,17-19H2,1-6H3,(H,32,37)(H,33,36)(H,34,38)/t22?,23-,24?/m1/s1. The Morgan fingerprint density at radius 2 is 1.43 bits per heavy atom. The van der Waals surface area contributed by atoms with E-state index >= 15 is 8.78 Å². The van der Waals surface area contributed by atoms with E-state index in [1.807, 2.05) is 25.7 Å². The lowest BCUT2D eigenvalue weighted by Crippen LogP contribution is -2.62. The summed E-state index contributed by atoms with van der Waals surface area (Å²) in [6.07, 6.45) is -3.48. The van der Waals surface area contributed by atoms with E-state index in [9.17, 15) is 19.5 Å². The maximum Gasteiger partial charge on any atom is 0.408 e. The number of hydrogen-bond acceptors (Lipinski definition) is 5. The number of carbonyl (C=O) groups is 3. The van der Waals surface area contributed by atoms with Crippen molar-refractivity contribution in [3.05, 3.63) is 71.8 Å². The number of carbonyl (C=O) groups excluding carboxylic acids is 3. The summed E-state index contributed by atoms with van der Waals surface area (Å²) in [5, 5.41) is 18.0. The predicted molar refractivity (Wildman–Crippen MR) is 152 cm³/mol. The first-order chi connectivity index (χ1) is 18.5. The summed E-state index contributed by atoms with van der Waals surface area (Å²) in [5.41, 5.74) is 0.456. The second-order valence-corrected chi connectivity index (χ2v) is 17.6. The molecule has 8 nitrogen and oxygen atoms in total. The lowest BCUT2D eigenvalue weighted by molar-refractivity contribution is -0.167. The van der Waals surface area contributed by atoms with Crippen molar-refractivity contribution >= 4 is 26.0 Å². The predicted octanol–water partition coefficient (Wildman–Crippen LogP) is 4.04. The number of hydrogen-bond donors (Lipinski definition) is 4. The average molecular weight is 578 g/mol. The van der Waals surface area contributed by atoms with Crippen molar-refractivity contribution in [1.29, 1.82) is 0 Å². The lowest BCUT2D eigenvalue weighted by Gasteiger charge is -2.34. The smallest absolute Gasteiger partial charge is 0.408 e. The molecule has 0 bridgehead atoms. The molecule has 2 aromatic rings. The summed E-state index contributed by atoms with van der Waals surface area (Å²) in [6.45, 7) is 10.8. The van der Waals surface area contributed by atoms with Gasteiger partial charge in [-0.15, -0.1) is 0 Å². The van der Waals surface area contributed by atoms with Crippen LogP contribution in [0, 0.1) is 5.41 Å². The van der Waals surface area contributed by atoms with Crippen LogP contribution in [-0.4, -0.2) is 61.4 Å². The van der Waals surface area contributed by atoms with Crippen LogP contribution in [0.2, 0.25) is 19.6 Å². The van der Waals surface area contributed by atoms with Gasteiger partial charge < -0.3 is 25.8 Å². The van der Waals surface area contributed by atoms with Crippen LogP contribution in [0.15, 0.2) is 60.7 Å². The van der Waals surface area contributed by atoms with Gasteiger partial charge in [-0.3, -0.25) is 9.59 Å². The zero-order valence-electron chi connectivity index (χ0n) is 24.0. The Labute approximate surface area is 235 Å². The van der Waals surface area contributed by atoms with Crippen molar-refractivity contribution in [2.24, 2.45) is 5.41 Å². The van der Waals surface area contributed by atoms with Gasteiger partial charge in [-0.25, -0.2) is 4.79 Å². The van der Waals surface area contributed by atoms with Gasteiger partial charge in [-0.2, -0.15) is 8.78 Å². The molecule has 2 aromatic carbocycles. The molecule has 0 heterocycles. The fraction of sp³-hybridized carbons (Fsp3) is 0.483. The fourth-order valence-corrected chi connectivity index (χ4v) is 4.47. The van der Waals surface area contributed by atoms with Crippen LogP contribution >= 0.6 is 0 Å². The molecular weight excluding hydrogens is 536 g/mol. The number of benzene rings is 2. The van der Waals surface area contributed by atoms with Crippen LogP contribution in [0.1, 0.15) is 31.9 Å². The molecule has 0 fully saturated rings. The molecule has 3 atom stereocenters. The Balaban J connectivity index is 2.24. The van der Waals surface area contributed by atoms with Gasteiger partial charge >= 0.3 is 12.0 Å². The third-order valence-electron chi connectivity index (χ3n) is 6.06. The summed E-state index contributed by atoms with van der Waals surface area (Å²) in [4.78, 5) is 38.4. The minimum atomic E-state index is -4.19. The van der Waals surface area contributed by atoms with E-state index in [0.717, 1.165) is 5.56 Å². The highest BCUT2D eigenvalue weighted by Crippen LogP contribution is 2.25. The molecule has 0 radical (unpaired) electrons. The molecule has 3 amide bonds. The van der Waals surface area contributed by atoms with Crippen LogP contribution in [0.4, 0.5) is 13.6 Å². The highest BCUT2D eigenvalue weighted by Gasteiger charge is 2.51. The highest BCUT2D eigenvalue weighted by molar-refractivity contribution is 6.76. The number of aliphatic hydroxyl groups is 1. The monoisotopic (exact) mass is 577 g/mol. The van der Waals surface area contributed by atoms with Gasteiger partial charge in [-0.1, -0.05) is 101 Å². The Kier molecular flexibility index (Phi) is 11.4. The molecule has 0 aromatic heterocycles. The van der Waals surface area contributed by atoms with Gasteiger partial charge in [0, 0.05) is 6.17 Å². The number of amides is 3. The molecule has 0 aliphatic rings. The van der Waals surface area contributed by atoms with Crippen molar-refractivity contribution < 1.29 is 33.0 Å². The topological polar surface area (TPSA) is 117 Å². The molecule has 2 unspecified atom stereocenters. The number of nitrogens with one attached hydrogen (secondary N) is 3. The fourth-order valence-electron chi connectivity index (χ4n) is 3.78. The van der Waals surface area contributed by atoms with Gasteiger partial charge in [0.15, 0.2) is 0 Å². The lowest BCUT2D eigenvalue weighted by atomic mass is 9.85. The molecule has 0 aliphatic carbocycles. The van der Waals surface area contributed by atoms with Crippen LogP contribution in [0.25, 0.3) is 0 Å². The van der Waals surface area contributed by atoms with E-state index in [0.29, 0.717) is 5.56 Å². The summed E-state index contributed by atoms with van der Waals surface area (Å²) >= 11 is 0. The maximum absolute atomic E-state index is 15.2. The van der Waals surface area contributed by atoms with Crippen LogP contribution in [-0.2, 0) is 27.4 Å².